The number of hydrogen-bond donors (Lipinski definition) is 1. The molecule has 1 aliphatic rings. The zero-order valence-electron chi connectivity index (χ0n) is 13.4. The summed E-state index contributed by atoms with van der Waals surface area (Å²) in [5, 5.41) is 3.42. The molecule has 1 aromatic heterocycles. The summed E-state index contributed by atoms with van der Waals surface area (Å²) >= 11 is 1.53. The molecule has 0 saturated carbocycles. The van der Waals surface area contributed by atoms with E-state index in [1.54, 1.807) is 0 Å². The lowest BCUT2D eigenvalue weighted by molar-refractivity contribution is -0.148. The summed E-state index contributed by atoms with van der Waals surface area (Å²) in [5.41, 5.74) is 0.904. The lowest BCUT2D eigenvalue weighted by Gasteiger charge is -2.10. The van der Waals surface area contributed by atoms with Crippen LogP contribution < -0.4 is 5.32 Å². The van der Waals surface area contributed by atoms with Crippen molar-refractivity contribution < 1.29 is 22.7 Å². The summed E-state index contributed by atoms with van der Waals surface area (Å²) in [4.78, 5) is 27.9. The Morgan fingerprint density at radius 3 is 2.84 bits per heavy atom. The Balaban J connectivity index is 1.39. The van der Waals surface area contributed by atoms with Gasteiger partial charge in [-0.1, -0.05) is 12.1 Å². The number of amides is 1. The van der Waals surface area contributed by atoms with Crippen LogP contribution in [-0.4, -0.2) is 49.4 Å². The lowest BCUT2D eigenvalue weighted by Crippen LogP contribution is -2.38. The van der Waals surface area contributed by atoms with Crippen molar-refractivity contribution >= 4 is 43.3 Å². The lowest BCUT2D eigenvalue weighted by atomic mass is 10.2. The minimum absolute atomic E-state index is 0.0513. The monoisotopic (exact) mass is 382 g/mol. The van der Waals surface area contributed by atoms with E-state index in [0.29, 0.717) is 12.8 Å². The molecule has 1 aromatic carbocycles. The van der Waals surface area contributed by atoms with Crippen molar-refractivity contribution in [3.63, 3.8) is 0 Å². The summed E-state index contributed by atoms with van der Waals surface area (Å²) in [5.74, 6) is -0.923. The second-order valence-electron chi connectivity index (χ2n) is 5.90. The number of esters is 1. The number of aromatic nitrogens is 1. The number of nitrogens with one attached hydrogen (secondary N) is 1. The van der Waals surface area contributed by atoms with Gasteiger partial charge >= 0.3 is 5.97 Å². The quantitative estimate of drug-likeness (QED) is 0.750. The van der Waals surface area contributed by atoms with E-state index in [9.17, 15) is 18.0 Å². The van der Waals surface area contributed by atoms with Gasteiger partial charge in [-0.25, -0.2) is 13.4 Å². The fraction of sp³-hybridized carbons (Fsp3) is 0.438. The number of benzene rings is 1. The van der Waals surface area contributed by atoms with Gasteiger partial charge in [0.25, 0.3) is 5.91 Å². The van der Waals surface area contributed by atoms with E-state index < -0.39 is 28.3 Å². The number of aryl methyl sites for hydroxylation is 1. The minimum Gasteiger partial charge on any atom is -0.456 e. The van der Waals surface area contributed by atoms with E-state index in [1.165, 1.54) is 11.3 Å². The van der Waals surface area contributed by atoms with Gasteiger partial charge in [0.2, 0.25) is 0 Å². The number of carbonyl (C=O) groups is 2. The molecule has 0 bridgehead atoms. The number of sulfone groups is 1. The molecule has 1 atom stereocenters. The molecule has 1 amide bonds. The zero-order chi connectivity index (χ0) is 17.9. The highest BCUT2D eigenvalue weighted by molar-refractivity contribution is 7.91. The van der Waals surface area contributed by atoms with E-state index in [1.807, 2.05) is 24.3 Å². The summed E-state index contributed by atoms with van der Waals surface area (Å²) in [7, 11) is -3.05. The van der Waals surface area contributed by atoms with Gasteiger partial charge in [-0.05, 0) is 18.6 Å². The number of nitrogens with zero attached hydrogens (tertiary/aromatic N) is 1. The molecule has 1 unspecified atom stereocenters. The van der Waals surface area contributed by atoms with Gasteiger partial charge in [-0.2, -0.15) is 0 Å². The van der Waals surface area contributed by atoms with E-state index in [2.05, 4.69) is 10.3 Å². The molecule has 1 fully saturated rings. The molecule has 2 aromatic rings. The van der Waals surface area contributed by atoms with Crippen LogP contribution in [0, 0.1) is 0 Å². The Morgan fingerprint density at radius 2 is 2.12 bits per heavy atom. The first-order chi connectivity index (χ1) is 11.9. The molecule has 1 saturated heterocycles. The fourth-order valence-electron chi connectivity index (χ4n) is 2.63. The van der Waals surface area contributed by atoms with Crippen LogP contribution in [0.4, 0.5) is 0 Å². The number of rotatable bonds is 6. The van der Waals surface area contributed by atoms with Gasteiger partial charge in [0.05, 0.1) is 33.2 Å². The maximum absolute atomic E-state index is 11.8. The molecule has 9 heteroatoms. The van der Waals surface area contributed by atoms with Crippen molar-refractivity contribution in [2.24, 2.45) is 0 Å². The fourth-order valence-corrected chi connectivity index (χ4v) is 5.27. The second kappa shape index (κ2) is 7.49. The van der Waals surface area contributed by atoms with Gasteiger partial charge in [0, 0.05) is 12.5 Å². The maximum Gasteiger partial charge on any atom is 0.306 e. The Bertz CT molecular complexity index is 858. The van der Waals surface area contributed by atoms with E-state index in [0.717, 1.165) is 15.2 Å². The van der Waals surface area contributed by atoms with Crippen molar-refractivity contribution in [1.82, 2.24) is 10.3 Å². The van der Waals surface area contributed by atoms with Crippen molar-refractivity contribution in [2.75, 3.05) is 18.1 Å². The van der Waals surface area contributed by atoms with Crippen LogP contribution in [0.15, 0.2) is 24.3 Å². The van der Waals surface area contributed by atoms with Crippen molar-refractivity contribution in [1.29, 1.82) is 0 Å². The first kappa shape index (κ1) is 17.8. The highest BCUT2D eigenvalue weighted by atomic mass is 32.2. The van der Waals surface area contributed by atoms with E-state index >= 15 is 0 Å². The van der Waals surface area contributed by atoms with Crippen LogP contribution >= 0.6 is 11.3 Å². The van der Waals surface area contributed by atoms with E-state index in [4.69, 9.17) is 4.74 Å². The normalized spacial score (nSPS) is 19.0. The highest BCUT2D eigenvalue weighted by Gasteiger charge is 2.29. The third-order valence-electron chi connectivity index (χ3n) is 3.84. The van der Waals surface area contributed by atoms with Crippen LogP contribution in [0.2, 0.25) is 0 Å². The summed E-state index contributed by atoms with van der Waals surface area (Å²) < 4.78 is 28.7. The predicted molar refractivity (Wildman–Crippen MR) is 94.1 cm³/mol. The second-order valence-corrected chi connectivity index (χ2v) is 9.25. The summed E-state index contributed by atoms with van der Waals surface area (Å²) in [6.07, 6.45) is 1.01. The Morgan fingerprint density at radius 1 is 1.32 bits per heavy atom. The van der Waals surface area contributed by atoms with Crippen molar-refractivity contribution in [2.45, 2.75) is 25.3 Å². The SMILES string of the molecule is O=C(COC(=O)CCc1nc2ccccc2s1)NC1CCS(=O)(=O)C1. The van der Waals surface area contributed by atoms with Gasteiger partial charge in [0.1, 0.15) is 0 Å². The Kier molecular flexibility index (Phi) is 5.33. The zero-order valence-corrected chi connectivity index (χ0v) is 15.1. The van der Waals surface area contributed by atoms with Crippen molar-refractivity contribution in [3.8, 4) is 0 Å². The standard InChI is InChI=1S/C16H18N2O5S2/c19-14(17-11-7-8-25(21,22)10-11)9-23-16(20)6-5-15-18-12-3-1-2-4-13(12)24-15/h1-4,11H,5-10H2,(H,17,19). The van der Waals surface area contributed by atoms with Crippen LogP contribution in [0.25, 0.3) is 10.2 Å². The third kappa shape index (κ3) is 4.99. The largest absolute Gasteiger partial charge is 0.456 e. The third-order valence-corrected chi connectivity index (χ3v) is 6.71. The molecule has 1 aliphatic heterocycles. The van der Waals surface area contributed by atoms with Crippen molar-refractivity contribution in [3.05, 3.63) is 29.3 Å². The van der Waals surface area contributed by atoms with Crippen LogP contribution in [-0.2, 0) is 30.6 Å². The molecule has 25 heavy (non-hydrogen) atoms. The topological polar surface area (TPSA) is 102 Å². The van der Waals surface area contributed by atoms with Gasteiger partial charge in [-0.3, -0.25) is 9.59 Å². The first-order valence-electron chi connectivity index (χ1n) is 7.91. The number of para-hydroxylation sites is 1. The number of thiazole rings is 1. The highest BCUT2D eigenvalue weighted by Crippen LogP contribution is 2.22. The van der Waals surface area contributed by atoms with E-state index in [-0.39, 0.29) is 24.0 Å². The van der Waals surface area contributed by atoms with Crippen LogP contribution in [0.1, 0.15) is 17.8 Å². The molecule has 0 aliphatic carbocycles. The summed E-state index contributed by atoms with van der Waals surface area (Å²) in [6.45, 7) is -0.394. The number of ether oxygens (including phenoxy) is 1. The number of hydrogen-bond acceptors (Lipinski definition) is 7. The molecule has 0 radical (unpaired) electrons. The van der Waals surface area contributed by atoms with Crippen LogP contribution in [0.3, 0.4) is 0 Å². The Labute approximate surface area is 149 Å². The number of fused-ring (bicyclic) bond motifs is 1. The molecular weight excluding hydrogens is 364 g/mol. The first-order valence-corrected chi connectivity index (χ1v) is 10.5. The maximum atomic E-state index is 11.8. The molecule has 7 nitrogen and oxygen atoms in total. The predicted octanol–water partition coefficient (Wildman–Crippen LogP) is 1.08. The molecular formula is C16H18N2O5S2. The minimum atomic E-state index is -3.05. The molecule has 3 rings (SSSR count). The average molecular weight is 382 g/mol. The van der Waals surface area contributed by atoms with Gasteiger partial charge in [-0.15, -0.1) is 11.3 Å². The molecule has 134 valence electrons. The van der Waals surface area contributed by atoms with Gasteiger partial charge < -0.3 is 10.1 Å². The average Bonchev–Trinajstić information content (AvgIpc) is 3.13. The van der Waals surface area contributed by atoms with Crippen LogP contribution in [0.5, 0.6) is 0 Å². The molecule has 1 N–H and O–H groups in total. The smallest absolute Gasteiger partial charge is 0.306 e. The molecule has 0 spiro atoms. The molecule has 2 heterocycles. The Hall–Kier alpha value is -2.00. The summed E-state index contributed by atoms with van der Waals surface area (Å²) in [6, 6.07) is 7.35. The number of carbonyl (C=O) groups excluding carboxylic acids is 2. The van der Waals surface area contributed by atoms with Gasteiger partial charge in [0.15, 0.2) is 16.4 Å².